The molecule has 9 nitrogen and oxygen atoms in total. The van der Waals surface area contributed by atoms with Crippen LogP contribution in [0.2, 0.25) is 0 Å². The summed E-state index contributed by atoms with van der Waals surface area (Å²) in [5.41, 5.74) is 9.58. The highest BCUT2D eigenvalue weighted by atomic mass is 32.2. The maximum atomic E-state index is 11.8. The van der Waals surface area contributed by atoms with Crippen LogP contribution < -0.4 is 0 Å². The number of hydrogen-bond acceptors (Lipinski definition) is 8. The molecular weight excluding hydrogens is 446 g/mol. The van der Waals surface area contributed by atoms with Crippen molar-refractivity contribution in [2.24, 2.45) is 5.11 Å². The average molecular weight is 472 g/mol. The first-order valence-electron chi connectivity index (χ1n) is 10.4. The molecule has 0 N–H and O–H groups in total. The third-order valence-electron chi connectivity index (χ3n) is 4.84. The average Bonchev–Trinajstić information content (AvgIpc) is 2.80. The van der Waals surface area contributed by atoms with Gasteiger partial charge in [-0.3, -0.25) is 9.59 Å². The third-order valence-corrected chi connectivity index (χ3v) is 5.99. The van der Waals surface area contributed by atoms with Crippen molar-refractivity contribution in [3.05, 3.63) is 76.7 Å². The predicted molar refractivity (Wildman–Crippen MR) is 121 cm³/mol. The molecule has 0 aromatic heterocycles. The summed E-state index contributed by atoms with van der Waals surface area (Å²) in [4.78, 5) is 27.1. The zero-order valence-corrected chi connectivity index (χ0v) is 19.1. The molecule has 0 saturated carbocycles. The van der Waals surface area contributed by atoms with Gasteiger partial charge in [-0.05, 0) is 23.2 Å². The highest BCUT2D eigenvalue weighted by Gasteiger charge is 2.49. The Morgan fingerprint density at radius 2 is 1.70 bits per heavy atom. The minimum absolute atomic E-state index is 0.165. The molecule has 10 heteroatoms. The Morgan fingerprint density at radius 1 is 1.03 bits per heavy atom. The molecule has 1 fully saturated rings. The Balaban J connectivity index is 1.93. The van der Waals surface area contributed by atoms with Gasteiger partial charge in [0.25, 0.3) is 0 Å². The van der Waals surface area contributed by atoms with Crippen molar-refractivity contribution in [3.8, 4) is 0 Å². The van der Waals surface area contributed by atoms with Crippen LogP contribution in [-0.2, 0) is 35.1 Å². The molecule has 0 spiro atoms. The molecule has 2 unspecified atom stereocenters. The number of carbonyl (C=O) groups excluding carboxylic acids is 2. The van der Waals surface area contributed by atoms with Gasteiger partial charge in [-0.15, -0.1) is 0 Å². The topological polar surface area (TPSA) is 120 Å². The smallest absolute Gasteiger partial charge is 0.303 e. The second-order valence-electron chi connectivity index (χ2n) is 7.31. The molecule has 2 aromatic rings. The van der Waals surface area contributed by atoms with E-state index >= 15 is 0 Å². The predicted octanol–water partition coefficient (Wildman–Crippen LogP) is 4.26. The van der Waals surface area contributed by atoms with Crippen LogP contribution in [0.15, 0.2) is 70.7 Å². The molecule has 3 rings (SSSR count). The SMILES string of the molecule is CC(=O)OCC1O[C@H](Sc2ccccc2)C(OCc2ccccc2)[C@@H](N=[N+]=[N-])[C@@H]1OC(C)=O. The minimum atomic E-state index is -0.994. The van der Waals surface area contributed by atoms with E-state index in [4.69, 9.17) is 18.9 Å². The molecular formula is C23H25N3O6S. The zero-order chi connectivity index (χ0) is 23.6. The number of esters is 2. The second kappa shape index (κ2) is 12.3. The van der Waals surface area contributed by atoms with E-state index in [1.54, 1.807) is 0 Å². The van der Waals surface area contributed by atoms with Crippen LogP contribution in [0.5, 0.6) is 0 Å². The molecule has 0 bridgehead atoms. The lowest BCUT2D eigenvalue weighted by Crippen LogP contribution is -2.59. The summed E-state index contributed by atoms with van der Waals surface area (Å²) in [5, 5.41) is 3.93. The number of thioether (sulfide) groups is 1. The monoisotopic (exact) mass is 471 g/mol. The Kier molecular flexibility index (Phi) is 9.14. The Hall–Kier alpha value is -3.04. The summed E-state index contributed by atoms with van der Waals surface area (Å²) < 4.78 is 23.0. The van der Waals surface area contributed by atoms with Crippen LogP contribution in [0.4, 0.5) is 0 Å². The minimum Gasteiger partial charge on any atom is -0.463 e. The Labute approximate surface area is 196 Å². The van der Waals surface area contributed by atoms with Crippen LogP contribution in [-0.4, -0.2) is 48.3 Å². The number of ether oxygens (including phenoxy) is 4. The van der Waals surface area contributed by atoms with E-state index in [1.165, 1.54) is 25.6 Å². The van der Waals surface area contributed by atoms with Crippen LogP contribution in [0.3, 0.4) is 0 Å². The van der Waals surface area contributed by atoms with Gasteiger partial charge >= 0.3 is 11.9 Å². The van der Waals surface area contributed by atoms with Gasteiger partial charge in [0.15, 0.2) is 0 Å². The van der Waals surface area contributed by atoms with Gasteiger partial charge in [-0.25, -0.2) is 0 Å². The normalized spacial score (nSPS) is 24.4. The lowest BCUT2D eigenvalue weighted by Gasteiger charge is -2.43. The van der Waals surface area contributed by atoms with Crippen LogP contribution >= 0.6 is 11.8 Å². The van der Waals surface area contributed by atoms with Crippen molar-refractivity contribution in [2.75, 3.05) is 6.61 Å². The number of carbonyl (C=O) groups is 2. The highest BCUT2D eigenvalue weighted by Crippen LogP contribution is 2.37. The fourth-order valence-corrected chi connectivity index (χ4v) is 4.58. The van der Waals surface area contributed by atoms with E-state index in [9.17, 15) is 15.1 Å². The first kappa shape index (κ1) is 24.6. The van der Waals surface area contributed by atoms with E-state index in [2.05, 4.69) is 10.0 Å². The van der Waals surface area contributed by atoms with Gasteiger partial charge in [0.2, 0.25) is 0 Å². The molecule has 0 amide bonds. The van der Waals surface area contributed by atoms with E-state index in [0.29, 0.717) is 0 Å². The lowest BCUT2D eigenvalue weighted by molar-refractivity contribution is -0.201. The summed E-state index contributed by atoms with van der Waals surface area (Å²) in [6.07, 6.45) is -2.58. The largest absolute Gasteiger partial charge is 0.463 e. The van der Waals surface area contributed by atoms with Crippen LogP contribution in [0.1, 0.15) is 19.4 Å². The fraction of sp³-hybridized carbons (Fsp3) is 0.391. The number of nitrogens with zero attached hydrogens (tertiary/aromatic N) is 3. The first-order chi connectivity index (χ1) is 16.0. The molecule has 1 heterocycles. The molecule has 0 radical (unpaired) electrons. The van der Waals surface area contributed by atoms with E-state index in [1.807, 2.05) is 60.7 Å². The fourth-order valence-electron chi connectivity index (χ4n) is 3.43. The molecule has 33 heavy (non-hydrogen) atoms. The van der Waals surface area contributed by atoms with Gasteiger partial charge in [0, 0.05) is 23.7 Å². The van der Waals surface area contributed by atoms with Crippen molar-refractivity contribution in [1.29, 1.82) is 0 Å². The molecule has 1 saturated heterocycles. The van der Waals surface area contributed by atoms with E-state index in [-0.39, 0.29) is 13.2 Å². The second-order valence-corrected chi connectivity index (χ2v) is 8.48. The van der Waals surface area contributed by atoms with Crippen molar-refractivity contribution in [2.45, 2.75) is 55.1 Å². The summed E-state index contributed by atoms with van der Waals surface area (Å²) >= 11 is 1.38. The molecule has 2 aromatic carbocycles. The van der Waals surface area contributed by atoms with E-state index < -0.39 is 41.7 Å². The first-order valence-corrected chi connectivity index (χ1v) is 11.2. The van der Waals surface area contributed by atoms with Crippen molar-refractivity contribution < 1.29 is 28.5 Å². The standard InChI is InChI=1S/C23H25N3O6S/c1-15(27)29-14-19-21(31-16(2)28)20(25-26-24)22(30-13-17-9-5-3-6-10-17)23(32-19)33-18-11-7-4-8-12-18/h3-12,19-23H,13-14H2,1-2H3/t19?,20-,21+,22?,23+/m0/s1. The quantitative estimate of drug-likeness (QED) is 0.232. The van der Waals surface area contributed by atoms with E-state index in [0.717, 1.165) is 10.5 Å². The maximum absolute atomic E-state index is 11.8. The van der Waals surface area contributed by atoms with Crippen LogP contribution in [0, 0.1) is 0 Å². The summed E-state index contributed by atoms with van der Waals surface area (Å²) in [5.74, 6) is -1.08. The number of benzene rings is 2. The number of hydrogen-bond donors (Lipinski definition) is 0. The van der Waals surface area contributed by atoms with Gasteiger partial charge in [0.1, 0.15) is 36.4 Å². The van der Waals surface area contributed by atoms with Crippen molar-refractivity contribution in [1.82, 2.24) is 0 Å². The number of rotatable bonds is 9. The molecule has 1 aliphatic rings. The number of azide groups is 1. The van der Waals surface area contributed by atoms with Crippen LogP contribution in [0.25, 0.3) is 10.4 Å². The molecule has 0 aliphatic carbocycles. The Morgan fingerprint density at radius 3 is 2.30 bits per heavy atom. The lowest BCUT2D eigenvalue weighted by atomic mass is 9.97. The molecule has 1 aliphatic heterocycles. The summed E-state index contributed by atoms with van der Waals surface area (Å²) in [7, 11) is 0. The maximum Gasteiger partial charge on any atom is 0.303 e. The molecule has 5 atom stereocenters. The van der Waals surface area contributed by atoms with Gasteiger partial charge in [0.05, 0.1) is 6.61 Å². The van der Waals surface area contributed by atoms with Crippen molar-refractivity contribution >= 4 is 23.7 Å². The van der Waals surface area contributed by atoms with Gasteiger partial charge < -0.3 is 18.9 Å². The summed E-state index contributed by atoms with van der Waals surface area (Å²) in [6, 6.07) is 18.2. The summed E-state index contributed by atoms with van der Waals surface area (Å²) in [6.45, 7) is 2.60. The third kappa shape index (κ3) is 7.23. The molecule has 174 valence electrons. The van der Waals surface area contributed by atoms with Gasteiger partial charge in [-0.2, -0.15) is 0 Å². The van der Waals surface area contributed by atoms with Crippen molar-refractivity contribution in [3.63, 3.8) is 0 Å². The zero-order valence-electron chi connectivity index (χ0n) is 18.3. The highest BCUT2D eigenvalue weighted by molar-refractivity contribution is 7.99. The Bertz CT molecular complexity index is 971. The van der Waals surface area contributed by atoms with Gasteiger partial charge in [-0.1, -0.05) is 65.4 Å².